The molecular weight excluding hydrogens is 222 g/mol. The molecule has 2 aromatic heterocycles. The third-order valence-electron chi connectivity index (χ3n) is 2.94. The van der Waals surface area contributed by atoms with Gasteiger partial charge < -0.3 is 0 Å². The highest BCUT2D eigenvalue weighted by molar-refractivity contribution is 7.71. The van der Waals surface area contributed by atoms with Crippen molar-refractivity contribution >= 4 is 12.2 Å². The summed E-state index contributed by atoms with van der Waals surface area (Å²) in [5, 5.41) is 11.4. The van der Waals surface area contributed by atoms with Crippen LogP contribution in [0.15, 0.2) is 18.5 Å². The molecule has 0 spiro atoms. The van der Waals surface area contributed by atoms with Crippen molar-refractivity contribution in [3.05, 3.63) is 29.1 Å². The van der Waals surface area contributed by atoms with Gasteiger partial charge in [-0.3, -0.25) is 14.3 Å². The molecule has 2 aromatic rings. The average molecular weight is 235 g/mol. The average Bonchev–Trinajstić information content (AvgIpc) is 2.82. The number of hydrogen-bond donors (Lipinski definition) is 1. The Labute approximate surface area is 98.1 Å². The smallest absolute Gasteiger partial charge is 0.195 e. The van der Waals surface area contributed by atoms with Gasteiger partial charge in [-0.2, -0.15) is 10.2 Å². The van der Waals surface area contributed by atoms with Crippen molar-refractivity contribution in [2.45, 2.75) is 31.8 Å². The van der Waals surface area contributed by atoms with Crippen LogP contribution in [-0.4, -0.2) is 24.5 Å². The van der Waals surface area contributed by atoms with Crippen molar-refractivity contribution in [2.24, 2.45) is 0 Å². The Kier molecular flexibility index (Phi) is 2.17. The van der Waals surface area contributed by atoms with E-state index in [1.165, 1.54) is 12.8 Å². The van der Waals surface area contributed by atoms with Gasteiger partial charge >= 0.3 is 0 Å². The highest BCUT2D eigenvalue weighted by Gasteiger charge is 2.29. The maximum Gasteiger partial charge on any atom is 0.195 e. The standard InChI is InChI=1S/C10H13N5S/c1-7(14-6-2-5-11-14)9-12-13-10(16)15(9)8-3-4-8/h2,5-8H,3-4H2,1H3,(H,13,16). The van der Waals surface area contributed by atoms with E-state index in [0.717, 1.165) is 10.6 Å². The van der Waals surface area contributed by atoms with Crippen LogP contribution in [0.3, 0.4) is 0 Å². The lowest BCUT2D eigenvalue weighted by Gasteiger charge is -2.12. The molecule has 1 aliphatic carbocycles. The second kappa shape index (κ2) is 3.55. The minimum absolute atomic E-state index is 0.114. The molecule has 1 saturated carbocycles. The molecule has 84 valence electrons. The van der Waals surface area contributed by atoms with Gasteiger partial charge in [-0.1, -0.05) is 0 Å². The summed E-state index contributed by atoms with van der Waals surface area (Å²) in [7, 11) is 0. The Morgan fingerprint density at radius 3 is 3.00 bits per heavy atom. The van der Waals surface area contributed by atoms with Crippen molar-refractivity contribution in [1.82, 2.24) is 24.5 Å². The van der Waals surface area contributed by atoms with E-state index in [4.69, 9.17) is 12.2 Å². The fraction of sp³-hybridized carbons (Fsp3) is 0.500. The lowest BCUT2D eigenvalue weighted by atomic mass is 10.3. The highest BCUT2D eigenvalue weighted by atomic mass is 32.1. The molecule has 2 heterocycles. The molecule has 3 rings (SSSR count). The number of rotatable bonds is 3. The van der Waals surface area contributed by atoms with Crippen LogP contribution >= 0.6 is 12.2 Å². The Bertz CT molecular complexity index is 534. The Balaban J connectivity index is 2.03. The topological polar surface area (TPSA) is 51.4 Å². The molecule has 0 bridgehead atoms. The minimum Gasteiger partial charge on any atom is -0.299 e. The van der Waals surface area contributed by atoms with E-state index in [1.54, 1.807) is 6.20 Å². The number of hydrogen-bond acceptors (Lipinski definition) is 3. The lowest BCUT2D eigenvalue weighted by Crippen LogP contribution is -2.13. The molecule has 0 radical (unpaired) electrons. The second-order valence-electron chi connectivity index (χ2n) is 4.15. The van der Waals surface area contributed by atoms with Gasteiger partial charge in [0.05, 0.1) is 0 Å². The summed E-state index contributed by atoms with van der Waals surface area (Å²) < 4.78 is 4.74. The summed E-state index contributed by atoms with van der Waals surface area (Å²) in [5.41, 5.74) is 0. The zero-order valence-electron chi connectivity index (χ0n) is 9.00. The fourth-order valence-electron chi connectivity index (χ4n) is 1.93. The van der Waals surface area contributed by atoms with Crippen molar-refractivity contribution < 1.29 is 0 Å². The number of aromatic amines is 1. The van der Waals surface area contributed by atoms with Gasteiger partial charge in [-0.05, 0) is 38.0 Å². The van der Waals surface area contributed by atoms with Crippen LogP contribution in [0.2, 0.25) is 0 Å². The number of H-pyrrole nitrogens is 1. The number of nitrogens with zero attached hydrogens (tertiary/aromatic N) is 4. The van der Waals surface area contributed by atoms with Gasteiger partial charge in [-0.25, -0.2) is 0 Å². The highest BCUT2D eigenvalue weighted by Crippen LogP contribution is 2.37. The summed E-state index contributed by atoms with van der Waals surface area (Å²) >= 11 is 5.25. The van der Waals surface area contributed by atoms with Gasteiger partial charge in [0.25, 0.3) is 0 Å². The van der Waals surface area contributed by atoms with Crippen LogP contribution in [0.5, 0.6) is 0 Å². The number of nitrogens with one attached hydrogen (secondary N) is 1. The molecule has 1 aliphatic rings. The molecule has 0 aromatic carbocycles. The molecule has 6 heteroatoms. The van der Waals surface area contributed by atoms with Gasteiger partial charge in [0.2, 0.25) is 0 Å². The predicted molar refractivity (Wildman–Crippen MR) is 61.7 cm³/mol. The maximum atomic E-state index is 5.25. The first-order valence-corrected chi connectivity index (χ1v) is 5.84. The van der Waals surface area contributed by atoms with Gasteiger partial charge in [0, 0.05) is 18.4 Å². The minimum atomic E-state index is 0.114. The van der Waals surface area contributed by atoms with Gasteiger partial charge in [-0.15, -0.1) is 0 Å². The van der Waals surface area contributed by atoms with Gasteiger partial charge in [0.1, 0.15) is 6.04 Å². The molecule has 1 N–H and O–H groups in total. The molecule has 0 amide bonds. The van der Waals surface area contributed by atoms with E-state index < -0.39 is 0 Å². The maximum absolute atomic E-state index is 5.25. The Morgan fingerprint density at radius 2 is 2.38 bits per heavy atom. The van der Waals surface area contributed by atoms with Crippen LogP contribution in [-0.2, 0) is 0 Å². The first-order chi connectivity index (χ1) is 7.77. The SMILES string of the molecule is CC(c1n[nH]c(=S)n1C1CC1)n1cccn1. The van der Waals surface area contributed by atoms with E-state index in [2.05, 4.69) is 26.8 Å². The Morgan fingerprint density at radius 1 is 1.56 bits per heavy atom. The van der Waals surface area contributed by atoms with E-state index in [-0.39, 0.29) is 6.04 Å². The third kappa shape index (κ3) is 1.49. The quantitative estimate of drug-likeness (QED) is 0.829. The third-order valence-corrected chi connectivity index (χ3v) is 3.23. The van der Waals surface area contributed by atoms with E-state index in [0.29, 0.717) is 6.04 Å². The van der Waals surface area contributed by atoms with Crippen LogP contribution < -0.4 is 0 Å². The lowest BCUT2D eigenvalue weighted by molar-refractivity contribution is 0.503. The molecule has 1 fully saturated rings. The van der Waals surface area contributed by atoms with E-state index in [9.17, 15) is 0 Å². The summed E-state index contributed by atoms with van der Waals surface area (Å²) in [6.45, 7) is 2.08. The van der Waals surface area contributed by atoms with Crippen molar-refractivity contribution in [3.8, 4) is 0 Å². The van der Waals surface area contributed by atoms with Crippen molar-refractivity contribution in [3.63, 3.8) is 0 Å². The molecule has 1 atom stereocenters. The number of aromatic nitrogens is 5. The molecule has 1 unspecified atom stereocenters. The largest absolute Gasteiger partial charge is 0.299 e. The summed E-state index contributed by atoms with van der Waals surface area (Å²) in [4.78, 5) is 0. The first-order valence-electron chi connectivity index (χ1n) is 5.43. The summed E-state index contributed by atoms with van der Waals surface area (Å²) in [6, 6.07) is 2.57. The molecular formula is C10H13N5S. The monoisotopic (exact) mass is 235 g/mol. The van der Waals surface area contributed by atoms with E-state index >= 15 is 0 Å². The zero-order chi connectivity index (χ0) is 11.1. The molecule has 0 saturated heterocycles. The zero-order valence-corrected chi connectivity index (χ0v) is 9.81. The van der Waals surface area contributed by atoms with Crippen LogP contribution in [0, 0.1) is 4.77 Å². The van der Waals surface area contributed by atoms with Crippen LogP contribution in [0.25, 0.3) is 0 Å². The normalized spacial score (nSPS) is 17.6. The Hall–Kier alpha value is -1.43. The second-order valence-corrected chi connectivity index (χ2v) is 4.54. The predicted octanol–water partition coefficient (Wildman–Crippen LogP) is 2.08. The van der Waals surface area contributed by atoms with Crippen LogP contribution in [0.4, 0.5) is 0 Å². The summed E-state index contributed by atoms with van der Waals surface area (Å²) in [5.74, 6) is 0.969. The molecule has 5 nitrogen and oxygen atoms in total. The van der Waals surface area contributed by atoms with Crippen molar-refractivity contribution in [1.29, 1.82) is 0 Å². The fourth-order valence-corrected chi connectivity index (χ4v) is 2.21. The van der Waals surface area contributed by atoms with Crippen molar-refractivity contribution in [2.75, 3.05) is 0 Å². The molecule has 16 heavy (non-hydrogen) atoms. The first kappa shape index (κ1) is 9.77. The van der Waals surface area contributed by atoms with Gasteiger partial charge in [0.15, 0.2) is 10.6 Å². The van der Waals surface area contributed by atoms with E-state index in [1.807, 2.05) is 16.9 Å². The van der Waals surface area contributed by atoms with Crippen LogP contribution in [0.1, 0.15) is 37.7 Å². The molecule has 0 aliphatic heterocycles. The summed E-state index contributed by atoms with van der Waals surface area (Å²) in [6.07, 6.45) is 6.12.